The highest BCUT2D eigenvalue weighted by Crippen LogP contribution is 2.35. The lowest BCUT2D eigenvalue weighted by Gasteiger charge is -2.14. The van der Waals surface area contributed by atoms with Gasteiger partial charge >= 0.3 is 5.97 Å². The number of benzene rings is 1. The maximum Gasteiger partial charge on any atom is 0.326 e. The fraction of sp³-hybridized carbons (Fsp3) is 0.391. The van der Waals surface area contributed by atoms with Gasteiger partial charge in [0.25, 0.3) is 0 Å². The number of fused-ring (bicyclic) bond motifs is 1. The number of rotatable bonds is 8. The summed E-state index contributed by atoms with van der Waals surface area (Å²) in [7, 11) is 1.58. The van der Waals surface area contributed by atoms with Crippen molar-refractivity contribution in [1.82, 2.24) is 9.88 Å². The van der Waals surface area contributed by atoms with Crippen LogP contribution in [-0.4, -0.2) is 47.9 Å². The minimum Gasteiger partial charge on any atom is -0.493 e. The van der Waals surface area contributed by atoms with Crippen molar-refractivity contribution in [2.24, 2.45) is 11.8 Å². The van der Waals surface area contributed by atoms with Gasteiger partial charge in [-0.05, 0) is 38.0 Å². The van der Waals surface area contributed by atoms with Crippen molar-refractivity contribution in [1.29, 1.82) is 0 Å². The van der Waals surface area contributed by atoms with Gasteiger partial charge in [-0.1, -0.05) is 12.2 Å². The lowest BCUT2D eigenvalue weighted by molar-refractivity contribution is -0.153. The summed E-state index contributed by atoms with van der Waals surface area (Å²) in [6.07, 6.45) is 4.90. The zero-order valence-corrected chi connectivity index (χ0v) is 18.7. The van der Waals surface area contributed by atoms with Crippen LogP contribution in [0, 0.1) is 11.8 Å². The number of esters is 1. The Hall–Kier alpha value is -3.20. The standard InChI is InChI=1S/C23H24N2O6S/c1-3-30-18-9-8-14(10-19(18)29-2)21-24-15(13-32-21)12-31-20(26)11-25-22(27)16-6-4-5-7-17(16)23(25)28/h4-5,8-10,13,16-17H,3,6-7,11-12H2,1-2H3. The fourth-order valence-corrected chi connectivity index (χ4v) is 4.74. The number of hydrogen-bond acceptors (Lipinski definition) is 8. The van der Waals surface area contributed by atoms with E-state index in [1.165, 1.54) is 11.3 Å². The van der Waals surface area contributed by atoms with E-state index in [1.807, 2.05) is 37.3 Å². The van der Waals surface area contributed by atoms with Gasteiger partial charge in [0.2, 0.25) is 11.8 Å². The number of likely N-dealkylation sites (tertiary alicyclic amines) is 1. The van der Waals surface area contributed by atoms with E-state index in [4.69, 9.17) is 14.2 Å². The summed E-state index contributed by atoms with van der Waals surface area (Å²) in [6.45, 7) is 2.04. The van der Waals surface area contributed by atoms with Gasteiger partial charge in [-0.2, -0.15) is 0 Å². The third-order valence-electron chi connectivity index (χ3n) is 5.53. The molecule has 1 aromatic heterocycles. The van der Waals surface area contributed by atoms with Crippen LogP contribution in [0.5, 0.6) is 11.5 Å². The van der Waals surface area contributed by atoms with Gasteiger partial charge < -0.3 is 14.2 Å². The first-order chi connectivity index (χ1) is 15.5. The molecule has 0 saturated carbocycles. The van der Waals surface area contributed by atoms with Crippen LogP contribution in [0.15, 0.2) is 35.7 Å². The van der Waals surface area contributed by atoms with Crippen molar-refractivity contribution < 1.29 is 28.6 Å². The molecule has 8 nitrogen and oxygen atoms in total. The number of carbonyl (C=O) groups is 3. The molecule has 2 aromatic rings. The molecule has 2 unspecified atom stereocenters. The van der Waals surface area contributed by atoms with Crippen LogP contribution in [0.25, 0.3) is 10.6 Å². The number of nitrogens with zero attached hydrogens (tertiary/aromatic N) is 2. The summed E-state index contributed by atoms with van der Waals surface area (Å²) in [5, 5.41) is 2.55. The number of carbonyl (C=O) groups excluding carboxylic acids is 3. The summed E-state index contributed by atoms with van der Waals surface area (Å²) in [6, 6.07) is 5.56. The minimum absolute atomic E-state index is 0.0336. The van der Waals surface area contributed by atoms with Crippen LogP contribution < -0.4 is 9.47 Å². The molecule has 2 atom stereocenters. The normalized spacial score (nSPS) is 19.8. The Bertz CT molecular complexity index is 1040. The molecule has 2 aliphatic rings. The van der Waals surface area contributed by atoms with Crippen LogP contribution in [0.1, 0.15) is 25.5 Å². The summed E-state index contributed by atoms with van der Waals surface area (Å²) in [4.78, 5) is 42.8. The SMILES string of the molecule is CCOc1ccc(-c2nc(COC(=O)CN3C(=O)C4CC=CCC4C3=O)cs2)cc1OC. The third kappa shape index (κ3) is 4.38. The van der Waals surface area contributed by atoms with Crippen molar-refractivity contribution in [2.45, 2.75) is 26.4 Å². The van der Waals surface area contributed by atoms with Crippen LogP contribution in [0.4, 0.5) is 0 Å². The molecule has 2 heterocycles. The number of ether oxygens (including phenoxy) is 3. The Morgan fingerprint density at radius 1 is 1.16 bits per heavy atom. The Labute approximate surface area is 189 Å². The zero-order chi connectivity index (χ0) is 22.7. The highest BCUT2D eigenvalue weighted by molar-refractivity contribution is 7.13. The van der Waals surface area contributed by atoms with Crippen molar-refractivity contribution in [3.63, 3.8) is 0 Å². The lowest BCUT2D eigenvalue weighted by atomic mass is 9.85. The summed E-state index contributed by atoms with van der Waals surface area (Å²) in [5.41, 5.74) is 1.44. The van der Waals surface area contributed by atoms with Crippen LogP contribution in [-0.2, 0) is 25.7 Å². The predicted molar refractivity (Wildman–Crippen MR) is 117 cm³/mol. The number of aromatic nitrogens is 1. The summed E-state index contributed by atoms with van der Waals surface area (Å²) < 4.78 is 16.2. The van der Waals surface area contributed by atoms with E-state index in [2.05, 4.69) is 4.98 Å². The second-order valence-electron chi connectivity index (χ2n) is 7.52. The Kier molecular flexibility index (Phi) is 6.55. The molecule has 32 heavy (non-hydrogen) atoms. The summed E-state index contributed by atoms with van der Waals surface area (Å²) in [5.74, 6) is -0.645. The van der Waals surface area contributed by atoms with Crippen molar-refractivity contribution >= 4 is 29.1 Å². The molecule has 1 aliphatic heterocycles. The topological polar surface area (TPSA) is 95.0 Å². The molecule has 1 aliphatic carbocycles. The van der Waals surface area contributed by atoms with Crippen molar-refractivity contribution in [3.8, 4) is 22.1 Å². The maximum atomic E-state index is 12.5. The number of amides is 2. The molecule has 0 bridgehead atoms. The van der Waals surface area contributed by atoms with Crippen LogP contribution >= 0.6 is 11.3 Å². The number of thiazole rings is 1. The third-order valence-corrected chi connectivity index (χ3v) is 6.47. The Balaban J connectivity index is 1.35. The zero-order valence-electron chi connectivity index (χ0n) is 17.9. The molecule has 168 valence electrons. The van der Waals surface area contributed by atoms with Gasteiger partial charge in [0.1, 0.15) is 18.2 Å². The number of allylic oxidation sites excluding steroid dienone is 2. The molecular formula is C23H24N2O6S. The average Bonchev–Trinajstić information content (AvgIpc) is 3.38. The number of hydrogen-bond donors (Lipinski definition) is 0. The second-order valence-corrected chi connectivity index (χ2v) is 8.38. The molecule has 0 radical (unpaired) electrons. The highest BCUT2D eigenvalue weighted by atomic mass is 32.1. The van der Waals surface area contributed by atoms with E-state index in [0.29, 0.717) is 36.6 Å². The van der Waals surface area contributed by atoms with Gasteiger partial charge in [0, 0.05) is 10.9 Å². The van der Waals surface area contributed by atoms with Crippen molar-refractivity contribution in [2.75, 3.05) is 20.3 Å². The highest BCUT2D eigenvalue weighted by Gasteiger charge is 2.47. The number of methoxy groups -OCH3 is 1. The van der Waals surface area contributed by atoms with Crippen LogP contribution in [0.3, 0.4) is 0 Å². The van der Waals surface area contributed by atoms with Gasteiger partial charge in [-0.3, -0.25) is 19.3 Å². The molecule has 1 saturated heterocycles. The van der Waals surface area contributed by atoms with E-state index in [1.54, 1.807) is 12.5 Å². The van der Waals surface area contributed by atoms with Gasteiger partial charge in [0.05, 0.1) is 31.2 Å². The Morgan fingerprint density at radius 3 is 2.53 bits per heavy atom. The first kappa shape index (κ1) is 22.0. The first-order valence-corrected chi connectivity index (χ1v) is 11.3. The lowest BCUT2D eigenvalue weighted by Crippen LogP contribution is -2.36. The maximum absolute atomic E-state index is 12.5. The largest absolute Gasteiger partial charge is 0.493 e. The molecular weight excluding hydrogens is 432 g/mol. The molecule has 9 heteroatoms. The van der Waals surface area contributed by atoms with E-state index in [9.17, 15) is 14.4 Å². The quantitative estimate of drug-likeness (QED) is 0.342. The number of imide groups is 1. The fourth-order valence-electron chi connectivity index (χ4n) is 3.94. The molecule has 4 rings (SSSR count). The monoisotopic (exact) mass is 456 g/mol. The predicted octanol–water partition coefficient (Wildman–Crippen LogP) is 3.21. The molecule has 0 N–H and O–H groups in total. The van der Waals surface area contributed by atoms with E-state index >= 15 is 0 Å². The second kappa shape index (κ2) is 9.52. The van der Waals surface area contributed by atoms with E-state index in [-0.39, 0.29) is 36.8 Å². The summed E-state index contributed by atoms with van der Waals surface area (Å²) >= 11 is 1.42. The molecule has 2 amide bonds. The smallest absolute Gasteiger partial charge is 0.326 e. The van der Waals surface area contributed by atoms with E-state index < -0.39 is 5.97 Å². The average molecular weight is 457 g/mol. The van der Waals surface area contributed by atoms with Gasteiger partial charge in [-0.25, -0.2) is 4.98 Å². The van der Waals surface area contributed by atoms with E-state index in [0.717, 1.165) is 15.5 Å². The van der Waals surface area contributed by atoms with Gasteiger partial charge in [0.15, 0.2) is 11.5 Å². The van der Waals surface area contributed by atoms with Gasteiger partial charge in [-0.15, -0.1) is 11.3 Å². The van der Waals surface area contributed by atoms with Crippen LogP contribution in [0.2, 0.25) is 0 Å². The Morgan fingerprint density at radius 2 is 1.88 bits per heavy atom. The minimum atomic E-state index is -0.629. The van der Waals surface area contributed by atoms with Crippen molar-refractivity contribution in [3.05, 3.63) is 41.4 Å². The molecule has 1 aromatic carbocycles. The molecule has 1 fully saturated rings. The first-order valence-electron chi connectivity index (χ1n) is 10.4. The molecule has 0 spiro atoms.